The Morgan fingerprint density at radius 1 is 1.33 bits per heavy atom. The van der Waals surface area contributed by atoms with Crippen LogP contribution < -0.4 is 16.4 Å². The highest BCUT2D eigenvalue weighted by atomic mass is 35.5. The van der Waals surface area contributed by atoms with Gasteiger partial charge in [0, 0.05) is 16.8 Å². The molecular formula is C13H13ClN4O3. The highest BCUT2D eigenvalue weighted by Crippen LogP contribution is 2.19. The number of carbonyl (C=O) groups excluding carboxylic acids is 2. The Labute approximate surface area is 125 Å². The number of nitrogens with two attached hydrogens (primary N) is 1. The molecular weight excluding hydrogens is 296 g/mol. The monoisotopic (exact) mass is 308 g/mol. The van der Waals surface area contributed by atoms with Gasteiger partial charge in [-0.05, 0) is 18.2 Å². The van der Waals surface area contributed by atoms with Crippen LogP contribution in [0.5, 0.6) is 0 Å². The van der Waals surface area contributed by atoms with Crippen LogP contribution in [0, 0.1) is 0 Å². The molecule has 0 bridgehead atoms. The van der Waals surface area contributed by atoms with Crippen LogP contribution in [0.15, 0.2) is 35.1 Å². The molecule has 1 aromatic carbocycles. The van der Waals surface area contributed by atoms with E-state index in [2.05, 4.69) is 20.3 Å². The smallest absolute Gasteiger partial charge is 0.250 e. The van der Waals surface area contributed by atoms with Crippen molar-refractivity contribution in [2.45, 2.75) is 6.54 Å². The summed E-state index contributed by atoms with van der Waals surface area (Å²) in [5.41, 5.74) is 6.55. The molecule has 2 aromatic rings. The molecule has 8 heteroatoms. The van der Waals surface area contributed by atoms with E-state index in [-0.39, 0.29) is 24.6 Å². The first-order chi connectivity index (χ1) is 10.1. The van der Waals surface area contributed by atoms with Crippen molar-refractivity contribution in [2.24, 2.45) is 5.73 Å². The number of aromatic nitrogens is 1. The Hall–Kier alpha value is -2.54. The number of primary amides is 1. The molecule has 0 spiro atoms. The molecule has 2 amide bonds. The maximum Gasteiger partial charge on any atom is 0.250 e. The predicted octanol–water partition coefficient (Wildman–Crippen LogP) is 1.16. The van der Waals surface area contributed by atoms with Crippen LogP contribution >= 0.6 is 11.6 Å². The first kappa shape index (κ1) is 14.9. The van der Waals surface area contributed by atoms with E-state index in [1.54, 1.807) is 18.2 Å². The number of nitrogens with zero attached hydrogens (tertiary/aromatic N) is 1. The van der Waals surface area contributed by atoms with Gasteiger partial charge < -0.3 is 20.9 Å². The van der Waals surface area contributed by atoms with Gasteiger partial charge in [0.15, 0.2) is 0 Å². The average Bonchev–Trinajstić information content (AvgIpc) is 2.97. The number of nitrogens with one attached hydrogen (secondary N) is 2. The van der Waals surface area contributed by atoms with Crippen LogP contribution in [0.2, 0.25) is 5.02 Å². The van der Waals surface area contributed by atoms with Gasteiger partial charge in [-0.1, -0.05) is 16.8 Å². The molecule has 4 N–H and O–H groups in total. The normalized spacial score (nSPS) is 10.1. The lowest BCUT2D eigenvalue weighted by molar-refractivity contribution is -0.119. The summed E-state index contributed by atoms with van der Waals surface area (Å²) < 4.78 is 4.65. The Kier molecular flexibility index (Phi) is 4.78. The molecule has 2 rings (SSSR count). The van der Waals surface area contributed by atoms with E-state index in [9.17, 15) is 9.59 Å². The Balaban J connectivity index is 1.90. The number of hydrogen-bond donors (Lipinski definition) is 3. The first-order valence-corrected chi connectivity index (χ1v) is 6.43. The van der Waals surface area contributed by atoms with Gasteiger partial charge in [0.25, 0.3) is 5.91 Å². The molecule has 21 heavy (non-hydrogen) atoms. The van der Waals surface area contributed by atoms with Crippen LogP contribution in [0.3, 0.4) is 0 Å². The third-order valence-electron chi connectivity index (χ3n) is 2.64. The summed E-state index contributed by atoms with van der Waals surface area (Å²) in [5.74, 6) is -0.883. The lowest BCUT2D eigenvalue weighted by Gasteiger charge is -2.10. The summed E-state index contributed by atoms with van der Waals surface area (Å²) in [4.78, 5) is 23.0. The van der Waals surface area contributed by atoms with Gasteiger partial charge in [0.1, 0.15) is 12.0 Å². The average molecular weight is 309 g/mol. The minimum atomic E-state index is -0.622. The van der Waals surface area contributed by atoms with E-state index in [4.69, 9.17) is 17.3 Å². The second kappa shape index (κ2) is 6.76. The SMILES string of the molecule is NC(=O)c1cc(Cl)ccc1NCC(=O)NCc1ccon1. The number of benzene rings is 1. The van der Waals surface area contributed by atoms with Crippen molar-refractivity contribution >= 4 is 29.1 Å². The molecule has 1 aromatic heterocycles. The van der Waals surface area contributed by atoms with Gasteiger partial charge in [0.05, 0.1) is 18.7 Å². The number of amides is 2. The standard InChI is InChI=1S/C13H13ClN4O3/c14-8-1-2-11(10(5-8)13(15)20)16-7-12(19)17-6-9-3-4-21-18-9/h1-5,16H,6-7H2,(H2,15,20)(H,17,19). The van der Waals surface area contributed by atoms with Crippen molar-refractivity contribution in [3.63, 3.8) is 0 Å². The molecule has 0 radical (unpaired) electrons. The van der Waals surface area contributed by atoms with Gasteiger partial charge in [0.2, 0.25) is 5.91 Å². The second-order valence-electron chi connectivity index (χ2n) is 4.18. The molecule has 0 saturated heterocycles. The van der Waals surface area contributed by atoms with E-state index < -0.39 is 5.91 Å². The number of halogens is 1. The van der Waals surface area contributed by atoms with Gasteiger partial charge in [-0.2, -0.15) is 0 Å². The van der Waals surface area contributed by atoms with Crippen molar-refractivity contribution in [3.8, 4) is 0 Å². The number of hydrogen-bond acceptors (Lipinski definition) is 5. The summed E-state index contributed by atoms with van der Waals surface area (Å²) >= 11 is 5.80. The lowest BCUT2D eigenvalue weighted by Crippen LogP contribution is -2.30. The zero-order valence-electron chi connectivity index (χ0n) is 10.9. The summed E-state index contributed by atoms with van der Waals surface area (Å²) in [6.45, 7) is 0.250. The van der Waals surface area contributed by atoms with Crippen molar-refractivity contribution < 1.29 is 14.1 Å². The highest BCUT2D eigenvalue weighted by molar-refractivity contribution is 6.31. The Bertz CT molecular complexity index is 643. The highest BCUT2D eigenvalue weighted by Gasteiger charge is 2.10. The summed E-state index contributed by atoms with van der Waals surface area (Å²) in [6, 6.07) is 6.29. The summed E-state index contributed by atoms with van der Waals surface area (Å²) in [5, 5.41) is 9.55. The van der Waals surface area contributed by atoms with E-state index >= 15 is 0 Å². The number of anilines is 1. The van der Waals surface area contributed by atoms with Crippen LogP contribution in [-0.2, 0) is 11.3 Å². The molecule has 0 unspecified atom stereocenters. The van der Waals surface area contributed by atoms with E-state index in [1.165, 1.54) is 12.3 Å². The van der Waals surface area contributed by atoms with Crippen LogP contribution in [-0.4, -0.2) is 23.5 Å². The third kappa shape index (κ3) is 4.22. The van der Waals surface area contributed by atoms with Crippen molar-refractivity contribution in [3.05, 3.63) is 46.8 Å². The summed E-state index contributed by atoms with van der Waals surface area (Å²) in [6.07, 6.45) is 1.42. The predicted molar refractivity (Wildman–Crippen MR) is 76.8 cm³/mol. The maximum atomic E-state index is 11.7. The zero-order valence-corrected chi connectivity index (χ0v) is 11.7. The van der Waals surface area contributed by atoms with Gasteiger partial charge in [-0.3, -0.25) is 9.59 Å². The number of rotatable bonds is 6. The molecule has 110 valence electrons. The van der Waals surface area contributed by atoms with Gasteiger partial charge in [-0.25, -0.2) is 0 Å². The fourth-order valence-corrected chi connectivity index (χ4v) is 1.80. The zero-order chi connectivity index (χ0) is 15.2. The molecule has 0 aliphatic rings. The molecule has 0 fully saturated rings. The van der Waals surface area contributed by atoms with Crippen LogP contribution in [0.25, 0.3) is 0 Å². The quantitative estimate of drug-likeness (QED) is 0.741. The number of carbonyl (C=O) groups is 2. The van der Waals surface area contributed by atoms with Crippen molar-refractivity contribution in [2.75, 3.05) is 11.9 Å². The molecule has 0 saturated carbocycles. The summed E-state index contributed by atoms with van der Waals surface area (Å²) in [7, 11) is 0. The fourth-order valence-electron chi connectivity index (χ4n) is 1.63. The van der Waals surface area contributed by atoms with Gasteiger partial charge in [-0.15, -0.1) is 0 Å². The largest absolute Gasteiger partial charge is 0.376 e. The molecule has 7 nitrogen and oxygen atoms in total. The molecule has 1 heterocycles. The fraction of sp³-hybridized carbons (Fsp3) is 0.154. The third-order valence-corrected chi connectivity index (χ3v) is 2.88. The van der Waals surface area contributed by atoms with E-state index in [0.29, 0.717) is 16.4 Å². The Morgan fingerprint density at radius 2 is 2.14 bits per heavy atom. The minimum Gasteiger partial charge on any atom is -0.376 e. The van der Waals surface area contributed by atoms with Gasteiger partial charge >= 0.3 is 0 Å². The van der Waals surface area contributed by atoms with Crippen molar-refractivity contribution in [1.82, 2.24) is 10.5 Å². The van der Waals surface area contributed by atoms with E-state index in [0.717, 1.165) is 0 Å². The minimum absolute atomic E-state index is 0.0141. The topological polar surface area (TPSA) is 110 Å². The first-order valence-electron chi connectivity index (χ1n) is 6.05. The lowest BCUT2D eigenvalue weighted by atomic mass is 10.1. The molecule has 0 atom stereocenters. The van der Waals surface area contributed by atoms with E-state index in [1.807, 2.05) is 0 Å². The van der Waals surface area contributed by atoms with Crippen LogP contribution in [0.4, 0.5) is 5.69 Å². The van der Waals surface area contributed by atoms with Crippen molar-refractivity contribution in [1.29, 1.82) is 0 Å². The second-order valence-corrected chi connectivity index (χ2v) is 4.61. The Morgan fingerprint density at radius 3 is 2.81 bits per heavy atom. The molecule has 0 aliphatic carbocycles. The maximum absolute atomic E-state index is 11.7. The molecule has 0 aliphatic heterocycles. The van der Waals surface area contributed by atoms with Crippen LogP contribution in [0.1, 0.15) is 16.1 Å².